The highest BCUT2D eigenvalue weighted by molar-refractivity contribution is 6.31. The highest BCUT2D eigenvalue weighted by Gasteiger charge is 2.24. The zero-order chi connectivity index (χ0) is 23.1. The van der Waals surface area contributed by atoms with Crippen LogP contribution in [-0.2, 0) is 12.8 Å². The number of nitrogens with two attached hydrogens (primary N) is 1. The average molecular weight is 443 g/mol. The smallest absolute Gasteiger partial charge is 0.250 e. The van der Waals surface area contributed by atoms with Crippen molar-refractivity contribution in [1.82, 2.24) is 0 Å². The Labute approximate surface area is 199 Å². The van der Waals surface area contributed by atoms with Crippen molar-refractivity contribution in [2.75, 3.05) is 0 Å². The molecule has 3 heteroatoms. The van der Waals surface area contributed by atoms with Gasteiger partial charge in [0, 0.05) is 17.6 Å². The van der Waals surface area contributed by atoms with Gasteiger partial charge in [-0.15, -0.1) is 0 Å². The van der Waals surface area contributed by atoms with Crippen LogP contribution >= 0.6 is 0 Å². The zero-order valence-electron chi connectivity index (χ0n) is 19.1. The number of hydrogen-bond acceptors (Lipinski definition) is 2. The number of carbonyl (C=O) groups excluding carboxylic acids is 1. The van der Waals surface area contributed by atoms with Gasteiger partial charge in [0.1, 0.15) is 0 Å². The summed E-state index contributed by atoms with van der Waals surface area (Å²) in [4.78, 5) is 15.8. The normalized spacial score (nSPS) is 15.5. The van der Waals surface area contributed by atoms with Crippen molar-refractivity contribution >= 4 is 44.4 Å². The molecule has 1 amide bonds. The summed E-state index contributed by atoms with van der Waals surface area (Å²) < 4.78 is 0. The lowest BCUT2D eigenvalue weighted by Gasteiger charge is -2.18. The third kappa shape index (κ3) is 3.45. The van der Waals surface area contributed by atoms with Crippen LogP contribution in [-0.4, -0.2) is 11.6 Å². The van der Waals surface area contributed by atoms with Crippen molar-refractivity contribution in [3.05, 3.63) is 107 Å². The predicted molar refractivity (Wildman–Crippen MR) is 142 cm³/mol. The molecule has 0 spiro atoms. The Hall–Kier alpha value is -3.98. The SMILES string of the molecule is NC(=O)c1cccc2c1N=C1CC=CC=C12.c1ccc2c(c1)ccc1c3c(ccc12)CCCC3. The molecule has 4 aromatic carbocycles. The van der Waals surface area contributed by atoms with Gasteiger partial charge in [0.2, 0.25) is 0 Å². The quantitative estimate of drug-likeness (QED) is 0.314. The lowest BCUT2D eigenvalue weighted by molar-refractivity contribution is 0.100. The Balaban J connectivity index is 0.000000129. The molecule has 7 rings (SSSR count). The van der Waals surface area contributed by atoms with Crippen LogP contribution in [0.15, 0.2) is 90.0 Å². The molecule has 4 aromatic rings. The van der Waals surface area contributed by atoms with Gasteiger partial charge in [-0.25, -0.2) is 0 Å². The fourth-order valence-electron chi connectivity index (χ4n) is 5.46. The van der Waals surface area contributed by atoms with Gasteiger partial charge in [-0.05, 0) is 64.4 Å². The van der Waals surface area contributed by atoms with Crippen LogP contribution in [0, 0.1) is 0 Å². The molecule has 0 bridgehead atoms. The van der Waals surface area contributed by atoms with Crippen molar-refractivity contribution in [2.45, 2.75) is 32.1 Å². The molecule has 34 heavy (non-hydrogen) atoms. The number of allylic oxidation sites excluding steroid dienone is 4. The minimum Gasteiger partial charge on any atom is -0.366 e. The lowest BCUT2D eigenvalue weighted by Crippen LogP contribution is -2.11. The first-order valence-corrected chi connectivity index (χ1v) is 12.0. The topological polar surface area (TPSA) is 55.5 Å². The maximum atomic E-state index is 11.3. The standard InChI is InChI=1S/C18H16.C13H10N2O/c1-3-7-15-13(5-1)9-11-18-16-8-4-2-6-14(16)10-12-17(15)18;14-13(16)10-6-3-5-9-8-4-1-2-7-11(8)15-12(9)10/h1,3,5,7,9-12H,2,4,6,8H2;1-6H,7H2,(H2,14,16). The summed E-state index contributed by atoms with van der Waals surface area (Å²) in [6, 6.07) is 23.5. The van der Waals surface area contributed by atoms with E-state index in [1.54, 1.807) is 17.2 Å². The second kappa shape index (κ2) is 8.42. The van der Waals surface area contributed by atoms with E-state index in [0.29, 0.717) is 5.56 Å². The minimum atomic E-state index is -0.423. The van der Waals surface area contributed by atoms with Crippen molar-refractivity contribution in [1.29, 1.82) is 0 Å². The maximum Gasteiger partial charge on any atom is 0.250 e. The van der Waals surface area contributed by atoms with E-state index in [0.717, 1.165) is 29.0 Å². The van der Waals surface area contributed by atoms with Gasteiger partial charge in [-0.2, -0.15) is 0 Å². The Morgan fingerprint density at radius 3 is 2.59 bits per heavy atom. The molecule has 3 nitrogen and oxygen atoms in total. The molecule has 1 heterocycles. The highest BCUT2D eigenvalue weighted by atomic mass is 16.1. The highest BCUT2D eigenvalue weighted by Crippen LogP contribution is 2.39. The summed E-state index contributed by atoms with van der Waals surface area (Å²) in [5, 5.41) is 5.64. The summed E-state index contributed by atoms with van der Waals surface area (Å²) in [5.74, 6) is -0.423. The summed E-state index contributed by atoms with van der Waals surface area (Å²) >= 11 is 0. The number of aryl methyl sites for hydroxylation is 2. The van der Waals surface area contributed by atoms with E-state index in [1.807, 2.05) is 24.3 Å². The predicted octanol–water partition coefficient (Wildman–Crippen LogP) is 7.09. The van der Waals surface area contributed by atoms with E-state index in [-0.39, 0.29) is 0 Å². The van der Waals surface area contributed by atoms with E-state index in [2.05, 4.69) is 59.6 Å². The fraction of sp³-hybridized carbons (Fsp3) is 0.161. The number of aliphatic imine (C=N–C) groups is 1. The molecule has 0 fully saturated rings. The summed E-state index contributed by atoms with van der Waals surface area (Å²) in [7, 11) is 0. The van der Waals surface area contributed by atoms with Crippen LogP contribution in [0.25, 0.3) is 27.1 Å². The number of benzene rings is 4. The molecule has 2 aliphatic carbocycles. The molecule has 0 saturated heterocycles. The van der Waals surface area contributed by atoms with Crippen LogP contribution in [0.5, 0.6) is 0 Å². The first kappa shape index (κ1) is 20.6. The third-order valence-corrected chi connectivity index (χ3v) is 7.12. The number of para-hydroxylation sites is 1. The van der Waals surface area contributed by atoms with Gasteiger partial charge < -0.3 is 5.73 Å². The van der Waals surface area contributed by atoms with Gasteiger partial charge in [-0.1, -0.05) is 78.9 Å². The number of amides is 1. The van der Waals surface area contributed by atoms with E-state index in [1.165, 1.54) is 47.2 Å². The van der Waals surface area contributed by atoms with Crippen molar-refractivity contribution < 1.29 is 4.79 Å². The lowest BCUT2D eigenvalue weighted by atomic mass is 9.86. The third-order valence-electron chi connectivity index (χ3n) is 7.12. The van der Waals surface area contributed by atoms with Gasteiger partial charge in [0.05, 0.1) is 17.0 Å². The van der Waals surface area contributed by atoms with E-state index >= 15 is 0 Å². The Morgan fingerprint density at radius 2 is 1.68 bits per heavy atom. The molecule has 3 aliphatic rings. The Morgan fingerprint density at radius 1 is 0.824 bits per heavy atom. The van der Waals surface area contributed by atoms with Crippen LogP contribution in [0.2, 0.25) is 0 Å². The van der Waals surface area contributed by atoms with E-state index < -0.39 is 5.91 Å². The number of fused-ring (bicyclic) bond motifs is 8. The first-order chi connectivity index (χ1) is 16.7. The second-order valence-electron chi connectivity index (χ2n) is 9.13. The molecule has 0 radical (unpaired) electrons. The number of hydrogen-bond donors (Lipinski definition) is 1. The maximum absolute atomic E-state index is 11.3. The molecule has 1 aliphatic heterocycles. The monoisotopic (exact) mass is 442 g/mol. The van der Waals surface area contributed by atoms with E-state index in [4.69, 9.17) is 5.73 Å². The van der Waals surface area contributed by atoms with Gasteiger partial charge in [-0.3, -0.25) is 9.79 Å². The Bertz CT molecular complexity index is 1560. The fourth-order valence-corrected chi connectivity index (χ4v) is 5.46. The molecule has 166 valence electrons. The molecule has 2 N–H and O–H groups in total. The number of carbonyl (C=O) groups is 1. The summed E-state index contributed by atoms with van der Waals surface area (Å²) in [6.07, 6.45) is 12.1. The zero-order valence-corrected chi connectivity index (χ0v) is 19.1. The molecule has 0 saturated carbocycles. The van der Waals surface area contributed by atoms with E-state index in [9.17, 15) is 4.79 Å². The largest absolute Gasteiger partial charge is 0.366 e. The second-order valence-corrected chi connectivity index (χ2v) is 9.13. The van der Waals surface area contributed by atoms with Crippen LogP contribution in [0.1, 0.15) is 46.3 Å². The number of rotatable bonds is 1. The number of nitrogens with zero attached hydrogens (tertiary/aromatic N) is 1. The van der Waals surface area contributed by atoms with Crippen molar-refractivity contribution in [2.24, 2.45) is 10.7 Å². The first-order valence-electron chi connectivity index (χ1n) is 12.0. The molecule has 0 unspecified atom stereocenters. The molecule has 0 aromatic heterocycles. The molecule has 0 atom stereocenters. The number of primary amides is 1. The molecular weight excluding hydrogens is 416 g/mol. The van der Waals surface area contributed by atoms with Gasteiger partial charge in [0.25, 0.3) is 5.91 Å². The summed E-state index contributed by atoms with van der Waals surface area (Å²) in [5.41, 5.74) is 12.9. The average Bonchev–Trinajstić information content (AvgIpc) is 3.27. The Kier molecular flexibility index (Phi) is 5.10. The van der Waals surface area contributed by atoms with Crippen LogP contribution < -0.4 is 5.73 Å². The van der Waals surface area contributed by atoms with Gasteiger partial charge >= 0.3 is 0 Å². The minimum absolute atomic E-state index is 0.423. The molecular formula is C31H26N2O. The summed E-state index contributed by atoms with van der Waals surface area (Å²) in [6.45, 7) is 0. The van der Waals surface area contributed by atoms with Crippen LogP contribution in [0.4, 0.5) is 5.69 Å². The van der Waals surface area contributed by atoms with Crippen molar-refractivity contribution in [3.8, 4) is 0 Å². The van der Waals surface area contributed by atoms with Crippen LogP contribution in [0.3, 0.4) is 0 Å². The van der Waals surface area contributed by atoms with Gasteiger partial charge in [0.15, 0.2) is 0 Å². The van der Waals surface area contributed by atoms with Crippen molar-refractivity contribution in [3.63, 3.8) is 0 Å².